The summed E-state index contributed by atoms with van der Waals surface area (Å²) in [5.41, 5.74) is 0. The van der Waals surface area contributed by atoms with Crippen LogP contribution in [0.25, 0.3) is 0 Å². The number of hydrogen-bond acceptors (Lipinski definition) is 3. The van der Waals surface area contributed by atoms with Gasteiger partial charge in [-0.15, -0.1) is 0 Å². The Morgan fingerprint density at radius 2 is 2.12 bits per heavy atom. The van der Waals surface area contributed by atoms with Gasteiger partial charge in [-0.05, 0) is 25.2 Å². The lowest BCUT2D eigenvalue weighted by molar-refractivity contribution is -0.140. The first kappa shape index (κ1) is 13.5. The maximum atomic E-state index is 11.0. The number of rotatable bonds is 5. The van der Waals surface area contributed by atoms with Crippen molar-refractivity contribution < 1.29 is 9.53 Å². The Morgan fingerprint density at radius 3 is 2.81 bits per heavy atom. The summed E-state index contributed by atoms with van der Waals surface area (Å²) in [5, 5.41) is 3.47. The predicted molar refractivity (Wildman–Crippen MR) is 65.3 cm³/mol. The first-order valence-corrected chi connectivity index (χ1v) is 6.56. The molecule has 0 radical (unpaired) electrons. The van der Waals surface area contributed by atoms with Crippen LogP contribution in [0.5, 0.6) is 0 Å². The summed E-state index contributed by atoms with van der Waals surface area (Å²) in [6, 6.07) is 0.612. The lowest BCUT2D eigenvalue weighted by atomic mass is 9.98. The molecule has 2 unspecified atom stereocenters. The van der Waals surface area contributed by atoms with E-state index in [1.165, 1.54) is 45.6 Å². The topological polar surface area (TPSA) is 38.3 Å². The molecule has 0 aromatic heterocycles. The number of carbonyl (C=O) groups excluding carboxylic acids is 1. The molecule has 0 bridgehead atoms. The molecule has 94 valence electrons. The molecule has 3 nitrogen and oxygen atoms in total. The first-order chi connectivity index (χ1) is 7.76. The molecule has 0 aromatic rings. The van der Waals surface area contributed by atoms with Gasteiger partial charge in [-0.2, -0.15) is 0 Å². The van der Waals surface area contributed by atoms with E-state index in [9.17, 15) is 4.79 Å². The van der Waals surface area contributed by atoms with E-state index >= 15 is 0 Å². The Kier molecular flexibility index (Phi) is 6.46. The van der Waals surface area contributed by atoms with Gasteiger partial charge in [0.1, 0.15) is 0 Å². The molecule has 16 heavy (non-hydrogen) atoms. The second-order valence-electron chi connectivity index (χ2n) is 4.76. The monoisotopic (exact) mass is 227 g/mol. The van der Waals surface area contributed by atoms with E-state index < -0.39 is 0 Å². The molecule has 0 aromatic carbocycles. The summed E-state index contributed by atoms with van der Waals surface area (Å²) in [4.78, 5) is 11.0. The van der Waals surface area contributed by atoms with E-state index in [-0.39, 0.29) is 5.97 Å². The molecule has 3 heteroatoms. The number of esters is 1. The fourth-order valence-corrected chi connectivity index (χ4v) is 2.47. The first-order valence-electron chi connectivity index (χ1n) is 6.56. The summed E-state index contributed by atoms with van der Waals surface area (Å²) in [6.45, 7) is 3.05. The van der Waals surface area contributed by atoms with E-state index in [2.05, 4.69) is 17.0 Å². The summed E-state index contributed by atoms with van der Waals surface area (Å²) < 4.78 is 4.62. The van der Waals surface area contributed by atoms with Gasteiger partial charge in [-0.3, -0.25) is 4.79 Å². The Bertz CT molecular complexity index is 206. The molecule has 0 aliphatic heterocycles. The largest absolute Gasteiger partial charge is 0.469 e. The molecule has 0 spiro atoms. The molecule has 0 saturated heterocycles. The van der Waals surface area contributed by atoms with Gasteiger partial charge in [-0.25, -0.2) is 0 Å². The second kappa shape index (κ2) is 7.66. The van der Waals surface area contributed by atoms with Crippen LogP contribution in [-0.2, 0) is 9.53 Å². The normalized spacial score (nSPS) is 26.1. The molecule has 1 aliphatic carbocycles. The van der Waals surface area contributed by atoms with Crippen molar-refractivity contribution in [2.45, 2.75) is 57.9 Å². The minimum Gasteiger partial charge on any atom is -0.469 e. The van der Waals surface area contributed by atoms with Crippen molar-refractivity contribution in [2.24, 2.45) is 5.92 Å². The SMILES string of the molecule is CCC1CCCC(NCCC(=O)OC)CC1. The van der Waals surface area contributed by atoms with Gasteiger partial charge in [0, 0.05) is 12.6 Å². The maximum absolute atomic E-state index is 11.0. The molecule has 0 heterocycles. The van der Waals surface area contributed by atoms with Crippen LogP contribution in [0.3, 0.4) is 0 Å². The Balaban J connectivity index is 2.15. The molecule has 1 rings (SSSR count). The highest BCUT2D eigenvalue weighted by atomic mass is 16.5. The predicted octanol–water partition coefficient (Wildman–Crippen LogP) is 2.50. The minimum atomic E-state index is -0.118. The number of ether oxygens (including phenoxy) is 1. The molecular weight excluding hydrogens is 202 g/mol. The van der Waals surface area contributed by atoms with E-state index in [0.29, 0.717) is 12.5 Å². The highest BCUT2D eigenvalue weighted by Gasteiger charge is 2.17. The third kappa shape index (κ3) is 4.97. The molecule has 0 amide bonds. The summed E-state index contributed by atoms with van der Waals surface area (Å²) in [5.74, 6) is 0.806. The zero-order chi connectivity index (χ0) is 11.8. The van der Waals surface area contributed by atoms with Crippen LogP contribution in [0.4, 0.5) is 0 Å². The van der Waals surface area contributed by atoms with Crippen molar-refractivity contribution in [2.75, 3.05) is 13.7 Å². The van der Waals surface area contributed by atoms with Crippen LogP contribution in [0.15, 0.2) is 0 Å². The van der Waals surface area contributed by atoms with Crippen molar-refractivity contribution in [3.05, 3.63) is 0 Å². The van der Waals surface area contributed by atoms with Crippen LogP contribution >= 0.6 is 0 Å². The van der Waals surface area contributed by atoms with Gasteiger partial charge >= 0.3 is 5.97 Å². The Labute approximate surface area is 98.9 Å². The van der Waals surface area contributed by atoms with E-state index in [1.807, 2.05) is 0 Å². The smallest absolute Gasteiger partial charge is 0.306 e. The highest BCUT2D eigenvalue weighted by Crippen LogP contribution is 2.25. The third-order valence-electron chi connectivity index (χ3n) is 3.66. The summed E-state index contributed by atoms with van der Waals surface area (Å²) >= 11 is 0. The maximum Gasteiger partial charge on any atom is 0.306 e. The van der Waals surface area contributed by atoms with Crippen molar-refractivity contribution in [3.63, 3.8) is 0 Å². The Hall–Kier alpha value is -0.570. The number of methoxy groups -OCH3 is 1. The van der Waals surface area contributed by atoms with Crippen molar-refractivity contribution in [1.29, 1.82) is 0 Å². The minimum absolute atomic E-state index is 0.118. The molecule has 1 fully saturated rings. The third-order valence-corrected chi connectivity index (χ3v) is 3.66. The van der Waals surface area contributed by atoms with Crippen LogP contribution in [0, 0.1) is 5.92 Å². The zero-order valence-electron chi connectivity index (χ0n) is 10.6. The van der Waals surface area contributed by atoms with Gasteiger partial charge in [-0.1, -0.05) is 26.2 Å². The second-order valence-corrected chi connectivity index (χ2v) is 4.76. The average Bonchev–Trinajstić information content (AvgIpc) is 2.54. The van der Waals surface area contributed by atoms with Crippen LogP contribution in [-0.4, -0.2) is 25.7 Å². The molecule has 1 saturated carbocycles. The lowest BCUT2D eigenvalue weighted by Gasteiger charge is -2.16. The van der Waals surface area contributed by atoms with Gasteiger partial charge < -0.3 is 10.1 Å². The average molecular weight is 227 g/mol. The van der Waals surface area contributed by atoms with Gasteiger partial charge in [0.2, 0.25) is 0 Å². The van der Waals surface area contributed by atoms with Crippen molar-refractivity contribution in [1.82, 2.24) is 5.32 Å². The van der Waals surface area contributed by atoms with Crippen LogP contribution in [0.2, 0.25) is 0 Å². The van der Waals surface area contributed by atoms with Crippen molar-refractivity contribution >= 4 is 5.97 Å². The Morgan fingerprint density at radius 1 is 1.31 bits per heavy atom. The molecule has 1 N–H and O–H groups in total. The van der Waals surface area contributed by atoms with E-state index in [1.54, 1.807) is 0 Å². The molecule has 1 aliphatic rings. The summed E-state index contributed by atoms with van der Waals surface area (Å²) in [7, 11) is 1.44. The van der Waals surface area contributed by atoms with Crippen LogP contribution in [0.1, 0.15) is 51.9 Å². The van der Waals surface area contributed by atoms with Gasteiger partial charge in [0.25, 0.3) is 0 Å². The quantitative estimate of drug-likeness (QED) is 0.579. The van der Waals surface area contributed by atoms with Gasteiger partial charge in [0.05, 0.1) is 13.5 Å². The fourth-order valence-electron chi connectivity index (χ4n) is 2.47. The highest BCUT2D eigenvalue weighted by molar-refractivity contribution is 5.69. The number of carbonyl (C=O) groups is 1. The van der Waals surface area contributed by atoms with E-state index in [0.717, 1.165) is 12.5 Å². The number of hydrogen-bond donors (Lipinski definition) is 1. The molecule has 2 atom stereocenters. The zero-order valence-corrected chi connectivity index (χ0v) is 10.6. The standard InChI is InChI=1S/C13H25NO2/c1-3-11-5-4-6-12(8-7-11)14-10-9-13(15)16-2/h11-12,14H,3-10H2,1-2H3. The van der Waals surface area contributed by atoms with E-state index in [4.69, 9.17) is 0 Å². The molecular formula is C13H25NO2. The lowest BCUT2D eigenvalue weighted by Crippen LogP contribution is -2.30. The van der Waals surface area contributed by atoms with Crippen LogP contribution < -0.4 is 5.32 Å². The fraction of sp³-hybridized carbons (Fsp3) is 0.923. The number of nitrogens with one attached hydrogen (secondary N) is 1. The van der Waals surface area contributed by atoms with Gasteiger partial charge in [0.15, 0.2) is 0 Å². The summed E-state index contributed by atoms with van der Waals surface area (Å²) in [6.07, 6.45) is 8.38. The van der Waals surface area contributed by atoms with Crippen molar-refractivity contribution in [3.8, 4) is 0 Å².